The van der Waals surface area contributed by atoms with Crippen LogP contribution in [-0.2, 0) is 4.74 Å². The number of hydrogen-bond acceptors (Lipinski definition) is 2. The Bertz CT molecular complexity index is 200. The van der Waals surface area contributed by atoms with Crippen molar-refractivity contribution in [1.29, 1.82) is 0 Å². The molecule has 76 valence electrons. The molecule has 1 aliphatic heterocycles. The maximum Gasteiger partial charge on any atom is 0.0757 e. The highest BCUT2D eigenvalue weighted by Gasteiger charge is 2.51. The average Bonchev–Trinajstić information content (AvgIpc) is 2.27. The van der Waals surface area contributed by atoms with Crippen molar-refractivity contribution < 1.29 is 9.84 Å². The number of ether oxygens (including phenoxy) is 1. The molecule has 1 aliphatic carbocycles. The van der Waals surface area contributed by atoms with Crippen LogP contribution in [0.1, 0.15) is 46.0 Å². The fourth-order valence-electron chi connectivity index (χ4n) is 2.96. The fraction of sp³-hybridized carbons (Fsp3) is 1.00. The third kappa shape index (κ3) is 1.40. The van der Waals surface area contributed by atoms with Crippen molar-refractivity contribution in [3.8, 4) is 0 Å². The van der Waals surface area contributed by atoms with Crippen molar-refractivity contribution in [2.45, 2.75) is 57.7 Å². The molecule has 2 fully saturated rings. The first kappa shape index (κ1) is 9.47. The molecule has 2 heteroatoms. The van der Waals surface area contributed by atoms with E-state index < -0.39 is 0 Å². The maximum absolute atomic E-state index is 9.69. The third-order valence-electron chi connectivity index (χ3n) is 4.01. The van der Waals surface area contributed by atoms with E-state index >= 15 is 0 Å². The van der Waals surface area contributed by atoms with E-state index in [1.165, 1.54) is 12.8 Å². The summed E-state index contributed by atoms with van der Waals surface area (Å²) in [5.74, 6) is 0. The van der Waals surface area contributed by atoms with Crippen molar-refractivity contribution in [3.05, 3.63) is 0 Å². The van der Waals surface area contributed by atoms with Crippen molar-refractivity contribution in [2.24, 2.45) is 5.41 Å². The lowest BCUT2D eigenvalue weighted by Gasteiger charge is -2.45. The summed E-state index contributed by atoms with van der Waals surface area (Å²) in [6.07, 6.45) is 5.15. The first-order valence-electron chi connectivity index (χ1n) is 5.38. The molecule has 0 aromatic rings. The van der Waals surface area contributed by atoms with Gasteiger partial charge in [0.15, 0.2) is 0 Å². The Balaban J connectivity index is 2.18. The molecule has 1 saturated carbocycles. The number of aliphatic hydroxyl groups is 1. The van der Waals surface area contributed by atoms with E-state index in [4.69, 9.17) is 4.74 Å². The molecule has 2 nitrogen and oxygen atoms in total. The van der Waals surface area contributed by atoms with E-state index in [2.05, 4.69) is 13.8 Å². The van der Waals surface area contributed by atoms with Crippen LogP contribution in [0.2, 0.25) is 0 Å². The van der Waals surface area contributed by atoms with Gasteiger partial charge in [0.05, 0.1) is 11.7 Å². The molecule has 1 N–H and O–H groups in total. The SMILES string of the molecule is CC1(C)CCCC12CC(O)CCO2. The summed E-state index contributed by atoms with van der Waals surface area (Å²) in [5.41, 5.74) is 0.249. The molecule has 0 amide bonds. The van der Waals surface area contributed by atoms with Crippen LogP contribution in [-0.4, -0.2) is 23.4 Å². The molecule has 2 rings (SSSR count). The zero-order valence-corrected chi connectivity index (χ0v) is 8.68. The van der Waals surface area contributed by atoms with E-state index in [1.807, 2.05) is 0 Å². The average molecular weight is 184 g/mol. The van der Waals surface area contributed by atoms with E-state index in [1.54, 1.807) is 0 Å². The molecule has 0 radical (unpaired) electrons. The third-order valence-corrected chi connectivity index (χ3v) is 4.01. The van der Waals surface area contributed by atoms with Gasteiger partial charge in [0.1, 0.15) is 0 Å². The monoisotopic (exact) mass is 184 g/mol. The van der Waals surface area contributed by atoms with Crippen LogP contribution in [0.25, 0.3) is 0 Å². The normalized spacial score (nSPS) is 44.1. The van der Waals surface area contributed by atoms with Crippen molar-refractivity contribution in [1.82, 2.24) is 0 Å². The van der Waals surface area contributed by atoms with Crippen LogP contribution in [0.15, 0.2) is 0 Å². The minimum atomic E-state index is -0.133. The van der Waals surface area contributed by atoms with E-state index in [0.29, 0.717) is 0 Å². The molecule has 0 bridgehead atoms. The predicted molar refractivity (Wildman–Crippen MR) is 51.6 cm³/mol. The Hall–Kier alpha value is -0.0800. The Morgan fingerprint density at radius 3 is 2.62 bits per heavy atom. The lowest BCUT2D eigenvalue weighted by atomic mass is 9.73. The molecule has 0 aromatic carbocycles. The molecular formula is C11H20O2. The van der Waals surface area contributed by atoms with Gasteiger partial charge in [-0.2, -0.15) is 0 Å². The van der Waals surface area contributed by atoms with E-state index in [9.17, 15) is 5.11 Å². The van der Waals surface area contributed by atoms with Gasteiger partial charge in [0, 0.05) is 13.0 Å². The lowest BCUT2D eigenvalue weighted by molar-refractivity contribution is -0.162. The van der Waals surface area contributed by atoms with Crippen LogP contribution in [0.5, 0.6) is 0 Å². The summed E-state index contributed by atoms with van der Waals surface area (Å²) in [7, 11) is 0. The molecule has 1 spiro atoms. The Labute approximate surface area is 80.3 Å². The summed E-state index contributed by atoms with van der Waals surface area (Å²) < 4.78 is 5.95. The second-order valence-electron chi connectivity index (χ2n) is 5.23. The minimum Gasteiger partial charge on any atom is -0.393 e. The number of hydrogen-bond donors (Lipinski definition) is 1. The number of aliphatic hydroxyl groups excluding tert-OH is 1. The molecule has 2 aliphatic rings. The maximum atomic E-state index is 9.69. The van der Waals surface area contributed by atoms with Crippen molar-refractivity contribution in [3.63, 3.8) is 0 Å². The summed E-state index contributed by atoms with van der Waals surface area (Å²) in [6.45, 7) is 5.29. The van der Waals surface area contributed by atoms with Gasteiger partial charge in [0.25, 0.3) is 0 Å². The smallest absolute Gasteiger partial charge is 0.0757 e. The summed E-state index contributed by atoms with van der Waals surface area (Å²) >= 11 is 0. The van der Waals surface area contributed by atoms with Gasteiger partial charge in [-0.05, 0) is 31.1 Å². The predicted octanol–water partition coefficient (Wildman–Crippen LogP) is 2.11. The van der Waals surface area contributed by atoms with Crippen LogP contribution in [0.3, 0.4) is 0 Å². The summed E-state index contributed by atoms with van der Waals surface area (Å²) in [6, 6.07) is 0. The van der Waals surface area contributed by atoms with Gasteiger partial charge in [0.2, 0.25) is 0 Å². The zero-order chi connectivity index (χ0) is 9.53. The molecule has 2 unspecified atom stereocenters. The fourth-order valence-corrected chi connectivity index (χ4v) is 2.96. The van der Waals surface area contributed by atoms with Crippen molar-refractivity contribution in [2.75, 3.05) is 6.61 Å². The molecular weight excluding hydrogens is 164 g/mol. The Kier molecular flexibility index (Phi) is 2.16. The largest absolute Gasteiger partial charge is 0.393 e. The van der Waals surface area contributed by atoms with Crippen LogP contribution in [0.4, 0.5) is 0 Å². The Morgan fingerprint density at radius 1 is 1.31 bits per heavy atom. The zero-order valence-electron chi connectivity index (χ0n) is 8.68. The van der Waals surface area contributed by atoms with Crippen molar-refractivity contribution >= 4 is 0 Å². The van der Waals surface area contributed by atoms with Gasteiger partial charge in [-0.15, -0.1) is 0 Å². The molecule has 2 atom stereocenters. The minimum absolute atomic E-state index is 0.00926. The van der Waals surface area contributed by atoms with Gasteiger partial charge in [-0.3, -0.25) is 0 Å². The summed E-state index contributed by atoms with van der Waals surface area (Å²) in [5, 5.41) is 9.69. The summed E-state index contributed by atoms with van der Waals surface area (Å²) in [4.78, 5) is 0. The highest BCUT2D eigenvalue weighted by Crippen LogP contribution is 2.52. The standard InChI is InChI=1S/C11H20O2/c1-10(2)5-3-6-11(10)8-9(12)4-7-13-11/h9,12H,3-8H2,1-2H3. The van der Waals surface area contributed by atoms with E-state index in [-0.39, 0.29) is 17.1 Å². The van der Waals surface area contributed by atoms with E-state index in [0.717, 1.165) is 25.9 Å². The van der Waals surface area contributed by atoms with Crippen LogP contribution < -0.4 is 0 Å². The first-order chi connectivity index (χ1) is 6.06. The molecule has 0 aromatic heterocycles. The number of rotatable bonds is 0. The van der Waals surface area contributed by atoms with Crippen LogP contribution in [0, 0.1) is 5.41 Å². The second-order valence-corrected chi connectivity index (χ2v) is 5.23. The molecule has 13 heavy (non-hydrogen) atoms. The van der Waals surface area contributed by atoms with Crippen LogP contribution >= 0.6 is 0 Å². The second kappa shape index (κ2) is 2.96. The quantitative estimate of drug-likeness (QED) is 0.624. The van der Waals surface area contributed by atoms with Gasteiger partial charge >= 0.3 is 0 Å². The molecule has 1 heterocycles. The van der Waals surface area contributed by atoms with Gasteiger partial charge in [-0.1, -0.05) is 13.8 Å². The highest BCUT2D eigenvalue weighted by molar-refractivity contribution is 5.02. The first-order valence-corrected chi connectivity index (χ1v) is 5.38. The highest BCUT2D eigenvalue weighted by atomic mass is 16.5. The lowest BCUT2D eigenvalue weighted by Crippen LogP contribution is -2.48. The topological polar surface area (TPSA) is 29.5 Å². The molecule has 1 saturated heterocycles. The van der Waals surface area contributed by atoms with Gasteiger partial charge in [-0.25, -0.2) is 0 Å². The Morgan fingerprint density at radius 2 is 2.08 bits per heavy atom. The van der Waals surface area contributed by atoms with Gasteiger partial charge < -0.3 is 9.84 Å².